The number of benzene rings is 2. The lowest BCUT2D eigenvalue weighted by Gasteiger charge is -2.31. The predicted molar refractivity (Wildman–Crippen MR) is 117 cm³/mol. The topological polar surface area (TPSA) is 66.5 Å². The van der Waals surface area contributed by atoms with Crippen LogP contribution >= 0.6 is 0 Å². The second-order valence-electron chi connectivity index (χ2n) is 7.20. The maximum absolute atomic E-state index is 13.2. The Balaban J connectivity index is 2.47. The lowest BCUT2D eigenvalue weighted by Crippen LogP contribution is -2.47. The number of aryl methyl sites for hydroxylation is 4. The molecule has 0 fully saturated rings. The molecule has 2 aromatic rings. The van der Waals surface area contributed by atoms with Gasteiger partial charge >= 0.3 is 0 Å². The minimum absolute atomic E-state index is 0.324. The van der Waals surface area contributed by atoms with Crippen LogP contribution < -0.4 is 9.62 Å². The van der Waals surface area contributed by atoms with Crippen molar-refractivity contribution in [3.63, 3.8) is 0 Å². The van der Waals surface area contributed by atoms with Crippen LogP contribution in [-0.4, -0.2) is 26.6 Å². The van der Waals surface area contributed by atoms with Gasteiger partial charge in [-0.15, -0.1) is 0 Å². The van der Waals surface area contributed by atoms with Crippen LogP contribution in [0.5, 0.6) is 0 Å². The highest BCUT2D eigenvalue weighted by atomic mass is 32.2. The molecule has 0 bridgehead atoms. The van der Waals surface area contributed by atoms with E-state index in [1.54, 1.807) is 6.07 Å². The third kappa shape index (κ3) is 4.73. The normalized spacial score (nSPS) is 12.5. The molecular weight excluding hydrogens is 372 g/mol. The van der Waals surface area contributed by atoms with Gasteiger partial charge in [0.25, 0.3) is 0 Å². The molecule has 0 saturated carbocycles. The summed E-state index contributed by atoms with van der Waals surface area (Å²) in [6, 6.07) is 10.5. The molecule has 0 spiro atoms. The van der Waals surface area contributed by atoms with Gasteiger partial charge in [0.15, 0.2) is 0 Å². The van der Waals surface area contributed by atoms with Gasteiger partial charge in [0.2, 0.25) is 15.9 Å². The monoisotopic (exact) mass is 402 g/mol. The average molecular weight is 403 g/mol. The maximum Gasteiger partial charge on any atom is 0.248 e. The Morgan fingerprint density at radius 1 is 1.04 bits per heavy atom. The Morgan fingerprint density at radius 2 is 1.71 bits per heavy atom. The fourth-order valence-corrected chi connectivity index (χ4v) is 4.54. The summed E-state index contributed by atoms with van der Waals surface area (Å²) in [5.74, 6) is -0.324. The number of anilines is 2. The van der Waals surface area contributed by atoms with E-state index in [0.717, 1.165) is 40.6 Å². The van der Waals surface area contributed by atoms with Crippen molar-refractivity contribution in [2.24, 2.45) is 0 Å². The van der Waals surface area contributed by atoms with Crippen LogP contribution in [0.15, 0.2) is 36.4 Å². The van der Waals surface area contributed by atoms with E-state index >= 15 is 0 Å². The van der Waals surface area contributed by atoms with Gasteiger partial charge in [0.05, 0.1) is 11.9 Å². The summed E-state index contributed by atoms with van der Waals surface area (Å²) in [6.07, 6.45) is 2.28. The maximum atomic E-state index is 13.2. The zero-order valence-corrected chi connectivity index (χ0v) is 18.4. The Morgan fingerprint density at radius 3 is 2.25 bits per heavy atom. The van der Waals surface area contributed by atoms with Gasteiger partial charge in [0, 0.05) is 5.69 Å². The van der Waals surface area contributed by atoms with Crippen molar-refractivity contribution < 1.29 is 13.2 Å². The van der Waals surface area contributed by atoms with Gasteiger partial charge < -0.3 is 5.32 Å². The van der Waals surface area contributed by atoms with Crippen LogP contribution in [0.3, 0.4) is 0 Å². The standard InChI is InChI=1S/C22H30N2O3S/c1-7-18-11-9-10-16(4)21(18)23-22(25)20(8-2)24(28(6,26)27)19-13-12-15(3)17(5)14-19/h9-14,20H,7-8H2,1-6H3,(H,23,25)/t20-/m0/s1. The number of hydrogen-bond donors (Lipinski definition) is 1. The minimum atomic E-state index is -3.65. The van der Waals surface area contributed by atoms with Gasteiger partial charge in [-0.05, 0) is 68.0 Å². The molecule has 0 radical (unpaired) electrons. The van der Waals surface area contributed by atoms with Crippen molar-refractivity contribution in [2.75, 3.05) is 15.9 Å². The zero-order valence-electron chi connectivity index (χ0n) is 17.5. The molecular formula is C22H30N2O3S. The molecule has 1 atom stereocenters. The van der Waals surface area contributed by atoms with E-state index in [4.69, 9.17) is 0 Å². The van der Waals surface area contributed by atoms with Crippen molar-refractivity contribution >= 4 is 27.3 Å². The Labute approximate surface area is 168 Å². The first-order chi connectivity index (χ1) is 13.1. The smallest absolute Gasteiger partial charge is 0.248 e. The largest absolute Gasteiger partial charge is 0.324 e. The average Bonchev–Trinajstić information content (AvgIpc) is 2.62. The first-order valence-corrected chi connectivity index (χ1v) is 11.4. The quantitative estimate of drug-likeness (QED) is 0.748. The van der Waals surface area contributed by atoms with E-state index in [2.05, 4.69) is 5.32 Å². The summed E-state index contributed by atoms with van der Waals surface area (Å²) in [6.45, 7) is 9.69. The molecule has 0 aliphatic rings. The number of nitrogens with one attached hydrogen (secondary N) is 1. The molecule has 5 nitrogen and oxygen atoms in total. The van der Waals surface area contributed by atoms with Crippen molar-refractivity contribution in [1.29, 1.82) is 0 Å². The Kier molecular flexibility index (Phi) is 6.88. The van der Waals surface area contributed by atoms with Crippen LogP contribution in [0, 0.1) is 20.8 Å². The highest BCUT2D eigenvalue weighted by molar-refractivity contribution is 7.92. The molecule has 0 saturated heterocycles. The lowest BCUT2D eigenvalue weighted by molar-refractivity contribution is -0.117. The summed E-state index contributed by atoms with van der Waals surface area (Å²) in [4.78, 5) is 13.2. The number of hydrogen-bond acceptors (Lipinski definition) is 3. The number of nitrogens with zero attached hydrogens (tertiary/aromatic N) is 1. The number of rotatable bonds is 7. The van der Waals surface area contributed by atoms with Crippen molar-refractivity contribution in [3.8, 4) is 0 Å². The summed E-state index contributed by atoms with van der Waals surface area (Å²) in [7, 11) is -3.65. The number of carbonyl (C=O) groups excluding carboxylic acids is 1. The molecule has 1 N–H and O–H groups in total. The predicted octanol–water partition coefficient (Wildman–Crippen LogP) is 4.36. The highest BCUT2D eigenvalue weighted by Gasteiger charge is 2.32. The summed E-state index contributed by atoms with van der Waals surface area (Å²) in [5, 5.41) is 2.98. The van der Waals surface area contributed by atoms with Gasteiger partial charge in [-0.1, -0.05) is 38.1 Å². The van der Waals surface area contributed by atoms with E-state index in [9.17, 15) is 13.2 Å². The van der Waals surface area contributed by atoms with Gasteiger partial charge in [-0.2, -0.15) is 0 Å². The number of carbonyl (C=O) groups is 1. The van der Waals surface area contributed by atoms with E-state index in [-0.39, 0.29) is 5.91 Å². The fourth-order valence-electron chi connectivity index (χ4n) is 3.33. The molecule has 0 unspecified atom stereocenters. The Hall–Kier alpha value is -2.34. The zero-order chi connectivity index (χ0) is 21.1. The number of sulfonamides is 1. The molecule has 2 aromatic carbocycles. The van der Waals surface area contributed by atoms with Crippen molar-refractivity contribution in [3.05, 3.63) is 58.7 Å². The second kappa shape index (κ2) is 8.78. The van der Waals surface area contributed by atoms with Gasteiger partial charge in [-0.3, -0.25) is 9.10 Å². The molecule has 28 heavy (non-hydrogen) atoms. The van der Waals surface area contributed by atoms with Crippen LogP contribution in [0.25, 0.3) is 0 Å². The molecule has 152 valence electrons. The second-order valence-corrected chi connectivity index (χ2v) is 9.06. The first-order valence-electron chi connectivity index (χ1n) is 9.56. The summed E-state index contributed by atoms with van der Waals surface area (Å²) >= 11 is 0. The molecule has 0 heterocycles. The van der Waals surface area contributed by atoms with E-state index in [1.807, 2.05) is 65.0 Å². The fraction of sp³-hybridized carbons (Fsp3) is 0.409. The van der Waals surface area contributed by atoms with Crippen LogP contribution in [0.1, 0.15) is 42.5 Å². The van der Waals surface area contributed by atoms with Gasteiger partial charge in [-0.25, -0.2) is 8.42 Å². The van der Waals surface area contributed by atoms with E-state index in [0.29, 0.717) is 12.1 Å². The number of para-hydroxylation sites is 1. The lowest BCUT2D eigenvalue weighted by atomic mass is 10.0. The minimum Gasteiger partial charge on any atom is -0.324 e. The molecule has 1 amide bonds. The first kappa shape index (κ1) is 22.0. The van der Waals surface area contributed by atoms with Crippen molar-refractivity contribution in [2.45, 2.75) is 53.5 Å². The third-order valence-electron chi connectivity index (χ3n) is 5.06. The van der Waals surface area contributed by atoms with Gasteiger partial charge in [0.1, 0.15) is 6.04 Å². The molecule has 0 aromatic heterocycles. The van der Waals surface area contributed by atoms with Crippen molar-refractivity contribution in [1.82, 2.24) is 0 Å². The summed E-state index contributed by atoms with van der Waals surface area (Å²) < 4.78 is 26.5. The van der Waals surface area contributed by atoms with Crippen LogP contribution in [-0.2, 0) is 21.2 Å². The highest BCUT2D eigenvalue weighted by Crippen LogP contribution is 2.27. The SMILES string of the molecule is CCc1cccc(C)c1NC(=O)[C@H](CC)N(c1ccc(C)c(C)c1)S(C)(=O)=O. The van der Waals surface area contributed by atoms with Crippen LogP contribution in [0.4, 0.5) is 11.4 Å². The number of amides is 1. The summed E-state index contributed by atoms with van der Waals surface area (Å²) in [5.41, 5.74) is 5.31. The third-order valence-corrected chi connectivity index (χ3v) is 6.24. The van der Waals surface area contributed by atoms with E-state index < -0.39 is 16.1 Å². The molecule has 2 rings (SSSR count). The molecule has 6 heteroatoms. The Bertz CT molecular complexity index is 968. The van der Waals surface area contributed by atoms with E-state index in [1.165, 1.54) is 4.31 Å². The van der Waals surface area contributed by atoms with Crippen LogP contribution in [0.2, 0.25) is 0 Å². The molecule has 0 aliphatic heterocycles. The molecule has 0 aliphatic carbocycles.